The summed E-state index contributed by atoms with van der Waals surface area (Å²) < 4.78 is 14.6. The maximum Gasteiger partial charge on any atom is 0.272 e. The number of rotatable bonds is 5. The van der Waals surface area contributed by atoms with E-state index in [1.807, 2.05) is 29.2 Å². The van der Waals surface area contributed by atoms with Gasteiger partial charge in [0.05, 0.1) is 33.0 Å². The molecule has 0 saturated heterocycles. The van der Waals surface area contributed by atoms with Gasteiger partial charge in [0.15, 0.2) is 0 Å². The molecule has 3 rings (SSSR count). The van der Waals surface area contributed by atoms with Crippen molar-refractivity contribution in [2.45, 2.75) is 32.5 Å². The van der Waals surface area contributed by atoms with Gasteiger partial charge in [0, 0.05) is 20.2 Å². The number of hydrogen-bond donors (Lipinski definition) is 0. The Hall–Kier alpha value is -1.06. The Bertz CT molecular complexity index is 830. The molecule has 1 aromatic carbocycles. The van der Waals surface area contributed by atoms with Crippen LogP contribution in [0.25, 0.3) is 0 Å². The van der Waals surface area contributed by atoms with Crippen LogP contribution < -0.4 is 4.74 Å². The zero-order valence-corrected chi connectivity index (χ0v) is 19.0. The van der Waals surface area contributed by atoms with Crippen molar-refractivity contribution in [1.29, 1.82) is 0 Å². The summed E-state index contributed by atoms with van der Waals surface area (Å²) in [6.45, 7) is 5.99. The van der Waals surface area contributed by atoms with Crippen molar-refractivity contribution >= 4 is 44.4 Å². The highest BCUT2D eigenvalue weighted by molar-refractivity contribution is 14.1. The van der Waals surface area contributed by atoms with Gasteiger partial charge >= 0.3 is 0 Å². The minimum Gasteiger partial charge on any atom is -0.497 e. The lowest BCUT2D eigenvalue weighted by Gasteiger charge is -2.41. The Kier molecular flexibility index (Phi) is 5.69. The van der Waals surface area contributed by atoms with Crippen molar-refractivity contribution in [1.82, 2.24) is 9.47 Å². The van der Waals surface area contributed by atoms with Crippen LogP contribution in [-0.2, 0) is 23.4 Å². The molecule has 1 amide bonds. The molecule has 26 heavy (non-hydrogen) atoms. The standard InChI is InChI=1S/C19H22BrIN2O3/c1-19(2)11-22(9-12-5-7-13(26-4)8-6-12)18(24)17-16(21)15(20)14(10-25-3)23(17)19/h5-8H,9-11H2,1-4H3. The maximum absolute atomic E-state index is 13.2. The molecule has 0 radical (unpaired) electrons. The van der Waals surface area contributed by atoms with E-state index in [4.69, 9.17) is 9.47 Å². The zero-order valence-electron chi connectivity index (χ0n) is 15.3. The molecule has 0 saturated carbocycles. The summed E-state index contributed by atoms with van der Waals surface area (Å²) in [6.07, 6.45) is 0. The van der Waals surface area contributed by atoms with E-state index in [-0.39, 0.29) is 11.4 Å². The number of methoxy groups -OCH3 is 2. The van der Waals surface area contributed by atoms with Gasteiger partial charge in [-0.3, -0.25) is 4.79 Å². The molecule has 1 aliphatic heterocycles. The van der Waals surface area contributed by atoms with Gasteiger partial charge < -0.3 is 18.9 Å². The Labute approximate surface area is 175 Å². The summed E-state index contributed by atoms with van der Waals surface area (Å²) in [7, 11) is 3.32. The largest absolute Gasteiger partial charge is 0.497 e. The highest BCUT2D eigenvalue weighted by Crippen LogP contribution is 2.39. The average molecular weight is 533 g/mol. The summed E-state index contributed by atoms with van der Waals surface area (Å²) in [5.41, 5.74) is 2.60. The van der Waals surface area contributed by atoms with Gasteiger partial charge in [-0.1, -0.05) is 12.1 Å². The molecule has 0 atom stereocenters. The molecule has 2 heterocycles. The lowest BCUT2D eigenvalue weighted by atomic mass is 9.99. The van der Waals surface area contributed by atoms with Crippen LogP contribution in [0.1, 0.15) is 35.6 Å². The molecule has 0 bridgehead atoms. The normalized spacial score (nSPS) is 15.9. The fourth-order valence-corrected chi connectivity index (χ4v) is 4.79. The second kappa shape index (κ2) is 7.52. The van der Waals surface area contributed by atoms with Crippen molar-refractivity contribution in [2.75, 3.05) is 20.8 Å². The third-order valence-corrected chi connectivity index (χ3v) is 7.28. The number of nitrogens with zero attached hydrogens (tertiary/aromatic N) is 2. The smallest absolute Gasteiger partial charge is 0.272 e. The van der Waals surface area contributed by atoms with Crippen molar-refractivity contribution in [3.05, 3.63) is 49.3 Å². The van der Waals surface area contributed by atoms with Crippen LogP contribution in [0, 0.1) is 3.57 Å². The van der Waals surface area contributed by atoms with E-state index >= 15 is 0 Å². The molecule has 0 aliphatic carbocycles. The highest BCUT2D eigenvalue weighted by atomic mass is 127. The maximum atomic E-state index is 13.2. The molecule has 0 fully saturated rings. The molecular weight excluding hydrogens is 511 g/mol. The van der Waals surface area contributed by atoms with E-state index < -0.39 is 0 Å². The van der Waals surface area contributed by atoms with Crippen LogP contribution in [0.15, 0.2) is 28.7 Å². The first-order chi connectivity index (χ1) is 12.3. The number of hydrogen-bond acceptors (Lipinski definition) is 3. The first kappa shape index (κ1) is 19.7. The molecule has 0 spiro atoms. The summed E-state index contributed by atoms with van der Waals surface area (Å²) >= 11 is 5.89. The fraction of sp³-hybridized carbons (Fsp3) is 0.421. The first-order valence-electron chi connectivity index (χ1n) is 8.30. The Morgan fingerprint density at radius 2 is 1.88 bits per heavy atom. The molecule has 5 nitrogen and oxygen atoms in total. The molecular formula is C19H22BrIN2O3. The van der Waals surface area contributed by atoms with Crippen molar-refractivity contribution in [3.8, 4) is 5.75 Å². The summed E-state index contributed by atoms with van der Waals surface area (Å²) in [4.78, 5) is 15.2. The van der Waals surface area contributed by atoms with Crippen molar-refractivity contribution < 1.29 is 14.3 Å². The summed E-state index contributed by atoms with van der Waals surface area (Å²) in [6, 6.07) is 7.86. The van der Waals surface area contributed by atoms with E-state index in [1.54, 1.807) is 14.2 Å². The van der Waals surface area contributed by atoms with Gasteiger partial charge in [-0.25, -0.2) is 0 Å². The minimum absolute atomic E-state index is 0.0487. The molecule has 2 aromatic rings. The van der Waals surface area contributed by atoms with Gasteiger partial charge in [-0.05, 0) is 70.1 Å². The predicted molar refractivity (Wildman–Crippen MR) is 113 cm³/mol. The van der Waals surface area contributed by atoms with Crippen LogP contribution in [-0.4, -0.2) is 36.1 Å². The number of benzene rings is 1. The summed E-state index contributed by atoms with van der Waals surface area (Å²) in [5.74, 6) is 0.864. The average Bonchev–Trinajstić information content (AvgIpc) is 2.86. The Morgan fingerprint density at radius 3 is 2.46 bits per heavy atom. The van der Waals surface area contributed by atoms with E-state index in [2.05, 4.69) is 56.9 Å². The van der Waals surface area contributed by atoms with Crippen LogP contribution in [0.5, 0.6) is 5.75 Å². The lowest BCUT2D eigenvalue weighted by Crippen LogP contribution is -2.51. The number of carbonyl (C=O) groups excluding carboxylic acids is 1. The van der Waals surface area contributed by atoms with Gasteiger partial charge in [-0.15, -0.1) is 0 Å². The quantitative estimate of drug-likeness (QED) is 0.536. The van der Waals surface area contributed by atoms with Crippen molar-refractivity contribution in [3.63, 3.8) is 0 Å². The molecule has 0 unspecified atom stereocenters. The second-order valence-corrected chi connectivity index (χ2v) is 8.89. The number of halogens is 2. The lowest BCUT2D eigenvalue weighted by molar-refractivity contribution is 0.0561. The fourth-order valence-electron chi connectivity index (χ4n) is 3.52. The van der Waals surface area contributed by atoms with Gasteiger partial charge in [0.1, 0.15) is 11.4 Å². The van der Waals surface area contributed by atoms with Gasteiger partial charge in [0.25, 0.3) is 5.91 Å². The Balaban J connectivity index is 1.98. The van der Waals surface area contributed by atoms with Crippen LogP contribution in [0.2, 0.25) is 0 Å². The van der Waals surface area contributed by atoms with Crippen LogP contribution >= 0.6 is 38.5 Å². The van der Waals surface area contributed by atoms with E-state index in [9.17, 15) is 4.79 Å². The number of amides is 1. The highest BCUT2D eigenvalue weighted by Gasteiger charge is 2.41. The first-order valence-corrected chi connectivity index (χ1v) is 10.2. The molecule has 1 aliphatic rings. The minimum atomic E-state index is -0.227. The van der Waals surface area contributed by atoms with Gasteiger partial charge in [-0.2, -0.15) is 0 Å². The van der Waals surface area contributed by atoms with E-state index in [1.165, 1.54) is 0 Å². The third kappa shape index (κ3) is 3.41. The van der Waals surface area contributed by atoms with E-state index in [0.29, 0.717) is 19.7 Å². The SMILES string of the molecule is COCc1c(Br)c(I)c2n1C(C)(C)CN(Cc1ccc(OC)cc1)C2=O. The van der Waals surface area contributed by atoms with Gasteiger partial charge in [0.2, 0.25) is 0 Å². The summed E-state index contributed by atoms with van der Waals surface area (Å²) in [5, 5.41) is 0. The molecule has 0 N–H and O–H groups in total. The third-order valence-electron chi connectivity index (χ3n) is 4.63. The number of carbonyl (C=O) groups is 1. The second-order valence-electron chi connectivity index (χ2n) is 7.01. The zero-order chi connectivity index (χ0) is 19.1. The molecule has 140 valence electrons. The van der Waals surface area contributed by atoms with Crippen LogP contribution in [0.4, 0.5) is 0 Å². The number of fused-ring (bicyclic) bond motifs is 1. The number of aromatic nitrogens is 1. The van der Waals surface area contributed by atoms with Crippen LogP contribution in [0.3, 0.4) is 0 Å². The molecule has 1 aromatic heterocycles. The Morgan fingerprint density at radius 1 is 1.23 bits per heavy atom. The molecule has 7 heteroatoms. The monoisotopic (exact) mass is 532 g/mol. The van der Waals surface area contributed by atoms with Crippen molar-refractivity contribution in [2.24, 2.45) is 0 Å². The van der Waals surface area contributed by atoms with E-state index in [0.717, 1.165) is 30.7 Å². The predicted octanol–water partition coefficient (Wildman–Crippen LogP) is 4.40. The number of ether oxygens (including phenoxy) is 2. The topological polar surface area (TPSA) is 43.7 Å².